The third kappa shape index (κ3) is 4.46. The van der Waals surface area contributed by atoms with E-state index in [1.165, 1.54) is 18.2 Å². The van der Waals surface area contributed by atoms with E-state index in [-0.39, 0.29) is 5.91 Å². The molecule has 2 rings (SSSR count). The average molecular weight is 327 g/mol. The molecule has 0 heterocycles. The van der Waals surface area contributed by atoms with Gasteiger partial charge in [-0.3, -0.25) is 4.79 Å². The van der Waals surface area contributed by atoms with Crippen LogP contribution in [-0.4, -0.2) is 18.6 Å². The number of nitrogens with one attached hydrogen (secondary N) is 2. The van der Waals surface area contributed by atoms with Crippen molar-refractivity contribution in [1.82, 2.24) is 0 Å². The number of carbonyl (C=O) groups excluding carboxylic acids is 1. The summed E-state index contributed by atoms with van der Waals surface area (Å²) < 4.78 is 18.7. The minimum atomic E-state index is -0.583. The van der Waals surface area contributed by atoms with Crippen LogP contribution in [0, 0.1) is 17.1 Å². The predicted molar refractivity (Wildman–Crippen MR) is 90.4 cm³/mol. The maximum atomic E-state index is 13.3. The molecule has 0 saturated carbocycles. The van der Waals surface area contributed by atoms with Gasteiger partial charge in [0.25, 0.3) is 0 Å². The third-order valence-corrected chi connectivity index (χ3v) is 3.27. The van der Waals surface area contributed by atoms with Crippen molar-refractivity contribution in [3.05, 3.63) is 53.8 Å². The van der Waals surface area contributed by atoms with Crippen LogP contribution in [0.2, 0.25) is 0 Å². The van der Waals surface area contributed by atoms with E-state index in [2.05, 4.69) is 10.6 Å². The number of amides is 1. The number of hydrogen-bond donors (Lipinski definition) is 2. The van der Waals surface area contributed by atoms with Crippen molar-refractivity contribution >= 4 is 17.3 Å². The van der Waals surface area contributed by atoms with E-state index in [0.717, 1.165) is 0 Å². The van der Waals surface area contributed by atoms with Gasteiger partial charge in [0.15, 0.2) is 0 Å². The van der Waals surface area contributed by atoms with Gasteiger partial charge in [-0.05, 0) is 44.2 Å². The minimum absolute atomic E-state index is 0.281. The average Bonchev–Trinajstić information content (AvgIpc) is 2.57. The zero-order chi connectivity index (χ0) is 17.5. The van der Waals surface area contributed by atoms with Gasteiger partial charge in [0.05, 0.1) is 23.9 Å². The Labute approximate surface area is 140 Å². The van der Waals surface area contributed by atoms with Gasteiger partial charge in [0.1, 0.15) is 17.6 Å². The van der Waals surface area contributed by atoms with Crippen molar-refractivity contribution in [3.63, 3.8) is 0 Å². The van der Waals surface area contributed by atoms with E-state index in [1.54, 1.807) is 38.1 Å². The Morgan fingerprint density at radius 3 is 2.83 bits per heavy atom. The SMILES string of the molecule is CCOc1cc(F)ccc1N[C@@H](C)C(=O)Nc1cccc(C#N)c1. The molecule has 0 fully saturated rings. The predicted octanol–water partition coefficient (Wildman–Crippen LogP) is 3.54. The molecule has 0 bridgehead atoms. The highest BCUT2D eigenvalue weighted by Crippen LogP contribution is 2.26. The van der Waals surface area contributed by atoms with Crippen LogP contribution in [0.4, 0.5) is 15.8 Å². The lowest BCUT2D eigenvalue weighted by Gasteiger charge is -2.18. The number of rotatable bonds is 6. The summed E-state index contributed by atoms with van der Waals surface area (Å²) in [5.74, 6) is -0.338. The molecule has 1 amide bonds. The zero-order valence-corrected chi connectivity index (χ0v) is 13.5. The van der Waals surface area contributed by atoms with Crippen LogP contribution in [0.3, 0.4) is 0 Å². The Morgan fingerprint density at radius 1 is 1.33 bits per heavy atom. The Bertz CT molecular complexity index is 771. The fourth-order valence-corrected chi connectivity index (χ4v) is 2.11. The van der Waals surface area contributed by atoms with E-state index in [0.29, 0.717) is 29.3 Å². The first-order valence-electron chi connectivity index (χ1n) is 7.53. The van der Waals surface area contributed by atoms with Crippen LogP contribution in [0.1, 0.15) is 19.4 Å². The van der Waals surface area contributed by atoms with Gasteiger partial charge < -0.3 is 15.4 Å². The van der Waals surface area contributed by atoms with Crippen molar-refractivity contribution in [2.45, 2.75) is 19.9 Å². The number of nitriles is 1. The van der Waals surface area contributed by atoms with E-state index in [4.69, 9.17) is 10.00 Å². The molecule has 124 valence electrons. The summed E-state index contributed by atoms with van der Waals surface area (Å²) >= 11 is 0. The summed E-state index contributed by atoms with van der Waals surface area (Å²) in [7, 11) is 0. The summed E-state index contributed by atoms with van der Waals surface area (Å²) in [6, 6.07) is 12.2. The summed E-state index contributed by atoms with van der Waals surface area (Å²) in [6.07, 6.45) is 0. The van der Waals surface area contributed by atoms with E-state index < -0.39 is 11.9 Å². The molecule has 2 N–H and O–H groups in total. The Morgan fingerprint density at radius 2 is 2.12 bits per heavy atom. The van der Waals surface area contributed by atoms with Crippen LogP contribution in [-0.2, 0) is 4.79 Å². The molecule has 6 heteroatoms. The number of halogens is 1. The lowest BCUT2D eigenvalue weighted by molar-refractivity contribution is -0.116. The molecule has 0 saturated heterocycles. The second-order valence-electron chi connectivity index (χ2n) is 5.12. The zero-order valence-electron chi connectivity index (χ0n) is 13.5. The molecule has 0 radical (unpaired) electrons. The highest BCUT2D eigenvalue weighted by atomic mass is 19.1. The van der Waals surface area contributed by atoms with Gasteiger partial charge >= 0.3 is 0 Å². The lowest BCUT2D eigenvalue weighted by atomic mass is 10.2. The van der Waals surface area contributed by atoms with Crippen LogP contribution in [0.15, 0.2) is 42.5 Å². The number of benzene rings is 2. The first-order valence-corrected chi connectivity index (χ1v) is 7.53. The molecular formula is C18H18FN3O2. The largest absolute Gasteiger partial charge is 0.492 e. The molecule has 0 spiro atoms. The fourth-order valence-electron chi connectivity index (χ4n) is 2.11. The van der Waals surface area contributed by atoms with E-state index in [9.17, 15) is 9.18 Å². The first-order chi connectivity index (χ1) is 11.5. The third-order valence-electron chi connectivity index (χ3n) is 3.27. The topological polar surface area (TPSA) is 74.2 Å². The molecule has 2 aromatic carbocycles. The summed E-state index contributed by atoms with van der Waals surface area (Å²) in [6.45, 7) is 3.87. The summed E-state index contributed by atoms with van der Waals surface area (Å²) in [5, 5.41) is 14.6. The summed E-state index contributed by atoms with van der Waals surface area (Å²) in [5.41, 5.74) is 1.54. The maximum Gasteiger partial charge on any atom is 0.246 e. The monoisotopic (exact) mass is 327 g/mol. The van der Waals surface area contributed by atoms with Crippen LogP contribution in [0.5, 0.6) is 5.75 Å². The lowest BCUT2D eigenvalue weighted by Crippen LogP contribution is -2.32. The van der Waals surface area contributed by atoms with Crippen molar-refractivity contribution < 1.29 is 13.9 Å². The van der Waals surface area contributed by atoms with Gasteiger partial charge in [0, 0.05) is 11.8 Å². The number of anilines is 2. The Balaban J connectivity index is 2.07. The standard InChI is InChI=1S/C18H18FN3O2/c1-3-24-17-10-14(19)7-8-16(17)21-12(2)18(23)22-15-6-4-5-13(9-15)11-20/h4-10,12,21H,3H2,1-2H3,(H,22,23)/t12-/m0/s1. The highest BCUT2D eigenvalue weighted by molar-refractivity contribution is 5.96. The fraction of sp³-hybridized carbons (Fsp3) is 0.222. The molecule has 0 aromatic heterocycles. The maximum absolute atomic E-state index is 13.3. The minimum Gasteiger partial charge on any atom is -0.492 e. The van der Waals surface area contributed by atoms with Gasteiger partial charge in [-0.2, -0.15) is 5.26 Å². The molecule has 0 aliphatic rings. The van der Waals surface area contributed by atoms with Crippen molar-refractivity contribution in [1.29, 1.82) is 5.26 Å². The molecule has 2 aromatic rings. The number of nitrogens with zero attached hydrogens (tertiary/aromatic N) is 1. The quantitative estimate of drug-likeness (QED) is 0.851. The molecule has 0 aliphatic heterocycles. The first kappa shape index (κ1) is 17.3. The van der Waals surface area contributed by atoms with Crippen molar-refractivity contribution in [2.24, 2.45) is 0 Å². The molecule has 0 unspecified atom stereocenters. The van der Waals surface area contributed by atoms with E-state index >= 15 is 0 Å². The van der Waals surface area contributed by atoms with Crippen molar-refractivity contribution in [2.75, 3.05) is 17.2 Å². The van der Waals surface area contributed by atoms with Gasteiger partial charge in [-0.25, -0.2) is 4.39 Å². The second kappa shape index (κ2) is 7.97. The Kier molecular flexibility index (Phi) is 5.74. The molecule has 24 heavy (non-hydrogen) atoms. The number of carbonyl (C=O) groups is 1. The molecule has 0 aliphatic carbocycles. The van der Waals surface area contributed by atoms with Crippen LogP contribution >= 0.6 is 0 Å². The highest BCUT2D eigenvalue weighted by Gasteiger charge is 2.15. The van der Waals surface area contributed by atoms with E-state index in [1.807, 2.05) is 6.07 Å². The van der Waals surface area contributed by atoms with Crippen molar-refractivity contribution in [3.8, 4) is 11.8 Å². The van der Waals surface area contributed by atoms with Crippen LogP contribution < -0.4 is 15.4 Å². The second-order valence-corrected chi connectivity index (χ2v) is 5.12. The van der Waals surface area contributed by atoms with Crippen LogP contribution in [0.25, 0.3) is 0 Å². The molecule has 5 nitrogen and oxygen atoms in total. The van der Waals surface area contributed by atoms with Gasteiger partial charge in [-0.15, -0.1) is 0 Å². The van der Waals surface area contributed by atoms with Gasteiger partial charge in [0.2, 0.25) is 5.91 Å². The Hall–Kier alpha value is -3.07. The summed E-state index contributed by atoms with van der Waals surface area (Å²) in [4.78, 5) is 12.3. The normalized spacial score (nSPS) is 11.2. The van der Waals surface area contributed by atoms with Gasteiger partial charge in [-0.1, -0.05) is 6.07 Å². The molecular weight excluding hydrogens is 309 g/mol. The number of hydrogen-bond acceptors (Lipinski definition) is 4. The molecule has 1 atom stereocenters. The smallest absolute Gasteiger partial charge is 0.246 e. The number of ether oxygens (including phenoxy) is 1.